The van der Waals surface area contributed by atoms with Gasteiger partial charge in [0, 0.05) is 19.2 Å². The van der Waals surface area contributed by atoms with Crippen molar-refractivity contribution in [3.05, 3.63) is 0 Å². The van der Waals surface area contributed by atoms with E-state index in [0.717, 1.165) is 0 Å². The summed E-state index contributed by atoms with van der Waals surface area (Å²) in [6, 6.07) is -0.731. The van der Waals surface area contributed by atoms with E-state index in [1.807, 2.05) is 0 Å². The van der Waals surface area contributed by atoms with Gasteiger partial charge >= 0.3 is 15.5 Å². The van der Waals surface area contributed by atoms with E-state index in [1.54, 1.807) is 0 Å². The molecule has 1 rings (SSSR count). The maximum Gasteiger partial charge on any atom is 0.511 e. The van der Waals surface area contributed by atoms with Gasteiger partial charge in [0.15, 0.2) is 0 Å². The van der Waals surface area contributed by atoms with Gasteiger partial charge in [-0.15, -0.1) is 0 Å². The molecule has 0 aliphatic carbocycles. The Morgan fingerprint density at radius 3 is 2.44 bits per heavy atom. The van der Waals surface area contributed by atoms with Crippen LogP contribution in [0.2, 0.25) is 0 Å². The molecule has 0 aromatic carbocycles. The van der Waals surface area contributed by atoms with E-state index < -0.39 is 21.6 Å². The monoisotopic (exact) mass is 261 g/mol. The molecule has 0 radical (unpaired) electrons. The van der Waals surface area contributed by atoms with E-state index in [1.165, 1.54) is 0 Å². The number of hydrogen-bond donors (Lipinski definition) is 1. The molecule has 1 N–H and O–H groups in total. The summed E-state index contributed by atoms with van der Waals surface area (Å²) >= 11 is 0. The van der Waals surface area contributed by atoms with Gasteiger partial charge in [-0.05, 0) is 19.3 Å². The number of hydrogen-bond acceptors (Lipinski definition) is 3. The van der Waals surface area contributed by atoms with Crippen molar-refractivity contribution in [2.24, 2.45) is 0 Å². The Morgan fingerprint density at radius 2 is 1.94 bits per heavy atom. The van der Waals surface area contributed by atoms with Gasteiger partial charge in [-0.25, -0.2) is 8.42 Å². The molecular weight excluding hydrogens is 247 g/mol. The van der Waals surface area contributed by atoms with Gasteiger partial charge in [0.2, 0.25) is 0 Å². The van der Waals surface area contributed by atoms with Crippen molar-refractivity contribution in [2.75, 3.05) is 13.2 Å². The second-order valence-electron chi connectivity index (χ2n) is 3.72. The lowest BCUT2D eigenvalue weighted by molar-refractivity contribution is -0.0511. The van der Waals surface area contributed by atoms with Crippen molar-refractivity contribution in [1.82, 2.24) is 4.31 Å². The van der Waals surface area contributed by atoms with Crippen LogP contribution in [0.5, 0.6) is 0 Å². The Morgan fingerprint density at radius 1 is 1.31 bits per heavy atom. The van der Waals surface area contributed by atoms with Crippen molar-refractivity contribution in [2.45, 2.75) is 37.2 Å². The molecule has 0 bridgehead atoms. The molecule has 1 heterocycles. The molecule has 1 unspecified atom stereocenters. The first-order chi connectivity index (χ1) is 7.30. The van der Waals surface area contributed by atoms with Crippen molar-refractivity contribution < 1.29 is 26.7 Å². The highest BCUT2D eigenvalue weighted by molar-refractivity contribution is 7.90. The highest BCUT2D eigenvalue weighted by atomic mass is 32.2. The maximum atomic E-state index is 12.3. The Kier molecular flexibility index (Phi) is 4.19. The fourth-order valence-electron chi connectivity index (χ4n) is 1.86. The number of aliphatic hydroxyl groups is 1. The molecule has 0 saturated carbocycles. The number of nitrogens with zero attached hydrogens (tertiary/aromatic N) is 1. The van der Waals surface area contributed by atoms with E-state index in [-0.39, 0.29) is 19.6 Å². The molecule has 0 amide bonds. The fraction of sp³-hybridized carbons (Fsp3) is 1.00. The van der Waals surface area contributed by atoms with Gasteiger partial charge in [0.25, 0.3) is 0 Å². The molecule has 1 fully saturated rings. The largest absolute Gasteiger partial charge is 0.511 e. The summed E-state index contributed by atoms with van der Waals surface area (Å²) in [5, 5.41) is 8.70. The summed E-state index contributed by atoms with van der Waals surface area (Å²) in [5.74, 6) is 0. The van der Waals surface area contributed by atoms with Crippen LogP contribution in [0.15, 0.2) is 0 Å². The van der Waals surface area contributed by atoms with Crippen LogP contribution < -0.4 is 0 Å². The zero-order valence-corrected chi connectivity index (χ0v) is 9.39. The lowest BCUT2D eigenvalue weighted by Gasteiger charge is -2.34. The van der Waals surface area contributed by atoms with Gasteiger partial charge < -0.3 is 5.11 Å². The summed E-state index contributed by atoms with van der Waals surface area (Å²) in [5.41, 5.74) is -5.25. The average molecular weight is 261 g/mol. The first-order valence-corrected chi connectivity index (χ1v) is 6.43. The SMILES string of the molecule is O=S(=O)(N1CCCCC1CCO)C(F)(F)F. The van der Waals surface area contributed by atoms with Gasteiger partial charge in [-0.2, -0.15) is 17.5 Å². The molecule has 1 aliphatic rings. The topological polar surface area (TPSA) is 57.6 Å². The van der Waals surface area contributed by atoms with Gasteiger partial charge in [0.05, 0.1) is 0 Å². The standard InChI is InChI=1S/C8H14F3NO3S/c9-8(10,11)16(14,15)12-5-2-1-3-7(12)4-6-13/h7,13H,1-6H2. The predicted octanol–water partition coefficient (Wildman–Crippen LogP) is 1.07. The average Bonchev–Trinajstić information content (AvgIpc) is 2.17. The van der Waals surface area contributed by atoms with E-state index in [2.05, 4.69) is 0 Å². The van der Waals surface area contributed by atoms with E-state index >= 15 is 0 Å². The Hall–Kier alpha value is -0.340. The minimum absolute atomic E-state index is 0.0509. The summed E-state index contributed by atoms with van der Waals surface area (Å²) < 4.78 is 59.9. The molecule has 96 valence electrons. The third-order valence-electron chi connectivity index (χ3n) is 2.64. The highest BCUT2D eigenvalue weighted by Gasteiger charge is 2.51. The quantitative estimate of drug-likeness (QED) is 0.826. The number of piperidine rings is 1. The van der Waals surface area contributed by atoms with Crippen molar-refractivity contribution >= 4 is 10.0 Å². The lowest BCUT2D eigenvalue weighted by Crippen LogP contribution is -2.49. The van der Waals surface area contributed by atoms with Gasteiger partial charge in [-0.1, -0.05) is 6.42 Å². The smallest absolute Gasteiger partial charge is 0.396 e. The summed E-state index contributed by atoms with van der Waals surface area (Å²) in [4.78, 5) is 0. The summed E-state index contributed by atoms with van der Waals surface area (Å²) in [7, 11) is -5.25. The third-order valence-corrected chi connectivity index (χ3v) is 4.32. The van der Waals surface area contributed by atoms with Gasteiger partial charge in [-0.3, -0.25) is 0 Å². The molecule has 0 aromatic rings. The molecule has 1 saturated heterocycles. The normalized spacial score (nSPS) is 24.6. The molecule has 4 nitrogen and oxygen atoms in total. The minimum Gasteiger partial charge on any atom is -0.396 e. The molecule has 8 heteroatoms. The zero-order chi connectivity index (χ0) is 12.4. The van der Waals surface area contributed by atoms with Crippen LogP contribution >= 0.6 is 0 Å². The fourth-order valence-corrected chi connectivity index (χ4v) is 3.10. The number of sulfonamides is 1. The van der Waals surface area contributed by atoms with Crippen molar-refractivity contribution in [3.63, 3.8) is 0 Å². The second-order valence-corrected chi connectivity index (χ2v) is 5.61. The molecule has 1 aliphatic heterocycles. The number of halogens is 3. The second kappa shape index (κ2) is 4.89. The van der Waals surface area contributed by atoms with E-state index in [4.69, 9.17) is 5.11 Å². The molecule has 16 heavy (non-hydrogen) atoms. The molecule has 1 atom stereocenters. The Balaban J connectivity index is 2.91. The van der Waals surface area contributed by atoms with E-state index in [9.17, 15) is 21.6 Å². The van der Waals surface area contributed by atoms with Crippen molar-refractivity contribution in [1.29, 1.82) is 0 Å². The molecule has 0 aromatic heterocycles. The van der Waals surface area contributed by atoms with Crippen LogP contribution in [0.4, 0.5) is 13.2 Å². The number of aliphatic hydroxyl groups excluding tert-OH is 1. The highest BCUT2D eigenvalue weighted by Crippen LogP contribution is 2.32. The summed E-state index contributed by atoms with van der Waals surface area (Å²) in [6.07, 6.45) is 1.54. The molecule has 0 spiro atoms. The predicted molar refractivity (Wildman–Crippen MR) is 51.0 cm³/mol. The first kappa shape index (κ1) is 13.7. The van der Waals surface area contributed by atoms with Crippen LogP contribution in [0.1, 0.15) is 25.7 Å². The number of rotatable bonds is 3. The van der Waals surface area contributed by atoms with E-state index in [0.29, 0.717) is 23.6 Å². The Labute approximate surface area is 92.1 Å². The first-order valence-electron chi connectivity index (χ1n) is 4.99. The number of alkyl halides is 3. The van der Waals surface area contributed by atoms with Crippen LogP contribution in [0, 0.1) is 0 Å². The summed E-state index contributed by atoms with van der Waals surface area (Å²) in [6.45, 7) is -0.430. The zero-order valence-electron chi connectivity index (χ0n) is 8.57. The minimum atomic E-state index is -5.25. The van der Waals surface area contributed by atoms with Crippen molar-refractivity contribution in [3.8, 4) is 0 Å². The van der Waals surface area contributed by atoms with Crippen LogP contribution in [0.25, 0.3) is 0 Å². The Bertz CT molecular complexity index is 326. The van der Waals surface area contributed by atoms with Crippen LogP contribution in [-0.4, -0.2) is 42.5 Å². The van der Waals surface area contributed by atoms with Crippen LogP contribution in [0.3, 0.4) is 0 Å². The van der Waals surface area contributed by atoms with Crippen LogP contribution in [-0.2, 0) is 10.0 Å². The lowest BCUT2D eigenvalue weighted by atomic mass is 10.0. The maximum absolute atomic E-state index is 12.3. The third kappa shape index (κ3) is 2.67. The van der Waals surface area contributed by atoms with Gasteiger partial charge in [0.1, 0.15) is 0 Å². The molecular formula is C8H14F3NO3S.